The van der Waals surface area contributed by atoms with Crippen molar-refractivity contribution in [2.45, 2.75) is 24.8 Å². The maximum atomic E-state index is 12.8. The number of urea groups is 1. The van der Waals surface area contributed by atoms with Crippen LogP contribution in [-0.2, 0) is 23.0 Å². The van der Waals surface area contributed by atoms with Crippen LogP contribution in [0, 0.1) is 0 Å². The number of hydrogen-bond donors (Lipinski definition) is 3. The number of nitrogens with zero attached hydrogens (tertiary/aromatic N) is 2. The molecule has 0 spiro atoms. The number of carbonyl (C=O) groups excluding carboxylic acids is 2. The van der Waals surface area contributed by atoms with E-state index in [2.05, 4.69) is 35.0 Å². The summed E-state index contributed by atoms with van der Waals surface area (Å²) in [6.45, 7) is 4.42. The van der Waals surface area contributed by atoms with E-state index in [4.69, 9.17) is 0 Å². The zero-order chi connectivity index (χ0) is 24.0. The SMILES string of the molecule is CCc1ccc(CNc2cc(C(=O)NCCN3CCNC3=O)cc(S(=O)(=O)N(C)C)c2)cc1. The molecule has 2 aromatic carbocycles. The predicted molar refractivity (Wildman–Crippen MR) is 128 cm³/mol. The summed E-state index contributed by atoms with van der Waals surface area (Å²) in [5.74, 6) is -0.402. The van der Waals surface area contributed by atoms with Crippen LogP contribution in [-0.4, -0.2) is 69.8 Å². The number of anilines is 1. The second kappa shape index (κ2) is 10.7. The van der Waals surface area contributed by atoms with Crippen LogP contribution in [0.4, 0.5) is 10.5 Å². The summed E-state index contributed by atoms with van der Waals surface area (Å²) < 4.78 is 26.6. The number of amides is 3. The highest BCUT2D eigenvalue weighted by molar-refractivity contribution is 7.89. The van der Waals surface area contributed by atoms with Crippen LogP contribution in [0.2, 0.25) is 0 Å². The molecule has 9 nitrogen and oxygen atoms in total. The number of hydrogen-bond acceptors (Lipinski definition) is 5. The minimum atomic E-state index is -3.74. The van der Waals surface area contributed by atoms with Crippen LogP contribution >= 0.6 is 0 Å². The van der Waals surface area contributed by atoms with Crippen molar-refractivity contribution < 1.29 is 18.0 Å². The highest BCUT2D eigenvalue weighted by Crippen LogP contribution is 2.22. The molecule has 0 atom stereocenters. The molecule has 3 amide bonds. The molecule has 33 heavy (non-hydrogen) atoms. The molecule has 0 aromatic heterocycles. The third-order valence-electron chi connectivity index (χ3n) is 5.49. The Morgan fingerprint density at radius 2 is 1.82 bits per heavy atom. The zero-order valence-corrected chi connectivity index (χ0v) is 20.0. The van der Waals surface area contributed by atoms with Gasteiger partial charge < -0.3 is 20.9 Å². The highest BCUT2D eigenvalue weighted by Gasteiger charge is 2.22. The van der Waals surface area contributed by atoms with E-state index in [1.807, 2.05) is 12.1 Å². The van der Waals surface area contributed by atoms with Gasteiger partial charge in [0.2, 0.25) is 10.0 Å². The molecule has 1 fully saturated rings. The minimum absolute atomic E-state index is 0.0305. The second-order valence-corrected chi connectivity index (χ2v) is 10.2. The third-order valence-corrected chi connectivity index (χ3v) is 7.28. The van der Waals surface area contributed by atoms with E-state index in [-0.39, 0.29) is 23.0 Å². The summed E-state index contributed by atoms with van der Waals surface area (Å²) in [4.78, 5) is 26.1. The molecule has 178 valence electrons. The summed E-state index contributed by atoms with van der Waals surface area (Å²) in [6, 6.07) is 12.5. The first-order valence-electron chi connectivity index (χ1n) is 10.9. The van der Waals surface area contributed by atoms with Gasteiger partial charge in [-0.2, -0.15) is 0 Å². The van der Waals surface area contributed by atoms with E-state index in [1.54, 1.807) is 11.0 Å². The first kappa shape index (κ1) is 24.5. The van der Waals surface area contributed by atoms with Crippen molar-refractivity contribution in [1.82, 2.24) is 19.8 Å². The van der Waals surface area contributed by atoms with Crippen LogP contribution in [0.15, 0.2) is 47.4 Å². The molecule has 3 N–H and O–H groups in total. The molecular weight excluding hydrogens is 442 g/mol. The van der Waals surface area contributed by atoms with Crippen molar-refractivity contribution in [3.63, 3.8) is 0 Å². The van der Waals surface area contributed by atoms with Gasteiger partial charge in [0.1, 0.15) is 0 Å². The molecular formula is C23H31N5O4S. The van der Waals surface area contributed by atoms with Crippen LogP contribution in [0.1, 0.15) is 28.4 Å². The van der Waals surface area contributed by atoms with Crippen molar-refractivity contribution in [2.75, 3.05) is 45.6 Å². The molecule has 0 radical (unpaired) electrons. The molecule has 1 heterocycles. The first-order chi connectivity index (χ1) is 15.7. The fraction of sp³-hybridized carbons (Fsp3) is 0.391. The Morgan fingerprint density at radius 3 is 2.42 bits per heavy atom. The molecule has 1 aliphatic rings. The summed E-state index contributed by atoms with van der Waals surface area (Å²) >= 11 is 0. The maximum Gasteiger partial charge on any atom is 0.317 e. The van der Waals surface area contributed by atoms with Gasteiger partial charge in [0.05, 0.1) is 4.90 Å². The number of sulfonamides is 1. The van der Waals surface area contributed by atoms with Gasteiger partial charge in [-0.15, -0.1) is 0 Å². The van der Waals surface area contributed by atoms with Crippen LogP contribution in [0.3, 0.4) is 0 Å². The Kier molecular flexibility index (Phi) is 7.93. The Bertz CT molecular complexity index is 1100. The fourth-order valence-electron chi connectivity index (χ4n) is 3.42. The average molecular weight is 474 g/mol. The largest absolute Gasteiger partial charge is 0.381 e. The van der Waals surface area contributed by atoms with Gasteiger partial charge in [-0.25, -0.2) is 17.5 Å². The van der Waals surface area contributed by atoms with E-state index in [0.717, 1.165) is 16.3 Å². The van der Waals surface area contributed by atoms with E-state index < -0.39 is 15.9 Å². The predicted octanol–water partition coefficient (Wildman–Crippen LogP) is 1.87. The molecule has 0 saturated carbocycles. The second-order valence-electron chi connectivity index (χ2n) is 8.03. The van der Waals surface area contributed by atoms with Crippen molar-refractivity contribution in [2.24, 2.45) is 0 Å². The number of nitrogens with one attached hydrogen (secondary N) is 3. The van der Waals surface area contributed by atoms with E-state index in [1.165, 1.54) is 31.8 Å². The number of rotatable bonds is 10. The molecule has 3 rings (SSSR count). The number of carbonyl (C=O) groups is 2. The topological polar surface area (TPSA) is 111 Å². The monoisotopic (exact) mass is 473 g/mol. The highest BCUT2D eigenvalue weighted by atomic mass is 32.2. The maximum absolute atomic E-state index is 12.8. The molecule has 0 bridgehead atoms. The summed E-state index contributed by atoms with van der Waals surface area (Å²) in [6.07, 6.45) is 0.957. The summed E-state index contributed by atoms with van der Waals surface area (Å²) in [7, 11) is -0.836. The Morgan fingerprint density at radius 1 is 1.12 bits per heavy atom. The van der Waals surface area contributed by atoms with E-state index in [0.29, 0.717) is 31.9 Å². The molecule has 0 unspecified atom stereocenters. The standard InChI is InChI=1S/C23H31N5O4S/c1-4-17-5-7-18(8-6-17)16-26-20-13-19(14-21(15-20)33(31,32)27(2)3)22(29)24-9-11-28-12-10-25-23(28)30/h5-8,13-15,26H,4,9-12,16H2,1-3H3,(H,24,29)(H,25,30). The van der Waals surface area contributed by atoms with Gasteiger partial charge in [-0.3, -0.25) is 4.79 Å². The lowest BCUT2D eigenvalue weighted by molar-refractivity contribution is 0.0950. The van der Waals surface area contributed by atoms with Gasteiger partial charge in [-0.1, -0.05) is 31.2 Å². The van der Waals surface area contributed by atoms with Gasteiger partial charge in [0.25, 0.3) is 5.91 Å². The lowest BCUT2D eigenvalue weighted by Crippen LogP contribution is -2.36. The molecule has 10 heteroatoms. The zero-order valence-electron chi connectivity index (χ0n) is 19.2. The lowest BCUT2D eigenvalue weighted by Gasteiger charge is -2.17. The summed E-state index contributed by atoms with van der Waals surface area (Å²) in [5.41, 5.74) is 3.04. The van der Waals surface area contributed by atoms with Crippen LogP contribution in [0.25, 0.3) is 0 Å². The van der Waals surface area contributed by atoms with Gasteiger partial charge in [0.15, 0.2) is 0 Å². The molecule has 1 aliphatic heterocycles. The quantitative estimate of drug-likeness (QED) is 0.488. The van der Waals surface area contributed by atoms with Crippen LogP contribution in [0.5, 0.6) is 0 Å². The fourth-order valence-corrected chi connectivity index (χ4v) is 4.39. The van der Waals surface area contributed by atoms with E-state index >= 15 is 0 Å². The van der Waals surface area contributed by atoms with Gasteiger partial charge >= 0.3 is 6.03 Å². The van der Waals surface area contributed by atoms with Crippen LogP contribution < -0.4 is 16.0 Å². The Balaban J connectivity index is 1.76. The minimum Gasteiger partial charge on any atom is -0.381 e. The summed E-state index contributed by atoms with van der Waals surface area (Å²) in [5, 5.41) is 8.71. The van der Waals surface area contributed by atoms with Crippen molar-refractivity contribution in [3.05, 3.63) is 59.2 Å². The van der Waals surface area contributed by atoms with Gasteiger partial charge in [-0.05, 0) is 35.7 Å². The third kappa shape index (κ3) is 6.23. The lowest BCUT2D eigenvalue weighted by atomic mass is 10.1. The average Bonchev–Trinajstić information content (AvgIpc) is 3.22. The van der Waals surface area contributed by atoms with Crippen molar-refractivity contribution in [3.8, 4) is 0 Å². The van der Waals surface area contributed by atoms with Crippen molar-refractivity contribution >= 4 is 27.6 Å². The van der Waals surface area contributed by atoms with Crippen molar-refractivity contribution in [1.29, 1.82) is 0 Å². The number of aryl methyl sites for hydroxylation is 1. The smallest absolute Gasteiger partial charge is 0.317 e. The Labute approximate surface area is 195 Å². The molecule has 2 aromatic rings. The Hall–Kier alpha value is -3.11. The number of benzene rings is 2. The first-order valence-corrected chi connectivity index (χ1v) is 12.3. The van der Waals surface area contributed by atoms with E-state index in [9.17, 15) is 18.0 Å². The molecule has 1 saturated heterocycles. The van der Waals surface area contributed by atoms with Gasteiger partial charge in [0, 0.05) is 58.1 Å². The molecule has 0 aliphatic carbocycles. The normalized spacial score (nSPS) is 13.8.